The topological polar surface area (TPSA) is 118 Å². The maximum absolute atomic E-state index is 12.0. The Morgan fingerprint density at radius 1 is 1.20 bits per heavy atom. The second-order valence-corrected chi connectivity index (χ2v) is 5.12. The molecule has 0 radical (unpaired) electrons. The summed E-state index contributed by atoms with van der Waals surface area (Å²) < 4.78 is 0. The summed E-state index contributed by atoms with van der Waals surface area (Å²) in [5.41, 5.74) is -0.667. The van der Waals surface area contributed by atoms with E-state index < -0.39 is 17.6 Å². The van der Waals surface area contributed by atoms with Gasteiger partial charge in [0.2, 0.25) is 5.13 Å². The Bertz CT molecular complexity index is 655. The molecule has 0 aliphatic heterocycles. The van der Waals surface area contributed by atoms with Crippen molar-refractivity contribution in [1.29, 1.82) is 0 Å². The van der Waals surface area contributed by atoms with Gasteiger partial charge in [-0.2, -0.15) is 0 Å². The van der Waals surface area contributed by atoms with Gasteiger partial charge in [-0.05, 0) is 0 Å². The number of hydrogen-bond acceptors (Lipinski definition) is 7. The van der Waals surface area contributed by atoms with Crippen LogP contribution in [-0.4, -0.2) is 37.1 Å². The minimum Gasteiger partial charge on any atom is -0.476 e. The van der Waals surface area contributed by atoms with Crippen molar-refractivity contribution in [1.82, 2.24) is 20.2 Å². The molecule has 0 aliphatic rings. The van der Waals surface area contributed by atoms with Crippen molar-refractivity contribution < 1.29 is 14.7 Å². The third-order valence-corrected chi connectivity index (χ3v) is 3.41. The van der Waals surface area contributed by atoms with Crippen molar-refractivity contribution in [3.63, 3.8) is 0 Å². The summed E-state index contributed by atoms with van der Waals surface area (Å²) in [5.74, 6) is -1.80. The van der Waals surface area contributed by atoms with Gasteiger partial charge in [-0.25, -0.2) is 14.8 Å². The number of carbonyl (C=O) groups excluding carboxylic acids is 1. The van der Waals surface area contributed by atoms with E-state index >= 15 is 0 Å². The fourth-order valence-corrected chi connectivity index (χ4v) is 2.08. The second-order valence-electron chi connectivity index (χ2n) is 4.11. The zero-order valence-corrected chi connectivity index (χ0v) is 11.5. The molecule has 2 aromatic rings. The van der Waals surface area contributed by atoms with Crippen LogP contribution in [0.1, 0.15) is 45.7 Å². The number of hydrogen-bond donors (Lipinski definition) is 2. The molecular weight excluding hydrogens is 282 g/mol. The van der Waals surface area contributed by atoms with Gasteiger partial charge in [-0.3, -0.25) is 10.1 Å². The minimum atomic E-state index is -1.32. The van der Waals surface area contributed by atoms with E-state index in [2.05, 4.69) is 25.5 Å². The summed E-state index contributed by atoms with van der Waals surface area (Å²) in [6, 6.07) is 0. The zero-order chi connectivity index (χ0) is 14.7. The number of aromatic carboxylic acids is 1. The molecule has 20 heavy (non-hydrogen) atoms. The highest BCUT2D eigenvalue weighted by Crippen LogP contribution is 2.22. The third-order valence-electron chi connectivity index (χ3n) is 2.27. The first-order valence-electron chi connectivity index (χ1n) is 5.68. The maximum atomic E-state index is 12.0. The van der Waals surface area contributed by atoms with Gasteiger partial charge in [0, 0.05) is 18.3 Å². The predicted octanol–water partition coefficient (Wildman–Crippen LogP) is 1.40. The molecule has 0 fully saturated rings. The average Bonchev–Trinajstić information content (AvgIpc) is 2.87. The maximum Gasteiger partial charge on any atom is 0.356 e. The van der Waals surface area contributed by atoms with Crippen LogP contribution in [0.3, 0.4) is 0 Å². The molecule has 0 saturated heterocycles. The quantitative estimate of drug-likeness (QED) is 0.874. The highest BCUT2D eigenvalue weighted by Gasteiger charge is 2.20. The lowest BCUT2D eigenvalue weighted by atomic mass is 10.2. The molecule has 9 heteroatoms. The van der Waals surface area contributed by atoms with Gasteiger partial charge >= 0.3 is 5.97 Å². The molecule has 1 amide bonds. The Labute approximate surface area is 117 Å². The number of anilines is 1. The Balaban J connectivity index is 2.22. The van der Waals surface area contributed by atoms with E-state index in [1.807, 2.05) is 13.8 Å². The predicted molar refractivity (Wildman–Crippen MR) is 70.9 cm³/mol. The van der Waals surface area contributed by atoms with Crippen molar-refractivity contribution >= 4 is 28.3 Å². The largest absolute Gasteiger partial charge is 0.476 e. The summed E-state index contributed by atoms with van der Waals surface area (Å²) in [4.78, 5) is 30.3. The highest BCUT2D eigenvalue weighted by molar-refractivity contribution is 7.15. The van der Waals surface area contributed by atoms with Crippen molar-refractivity contribution in [3.8, 4) is 0 Å². The van der Waals surface area contributed by atoms with E-state index in [1.165, 1.54) is 23.7 Å². The Morgan fingerprint density at radius 3 is 2.40 bits per heavy atom. The van der Waals surface area contributed by atoms with Crippen LogP contribution < -0.4 is 5.32 Å². The van der Waals surface area contributed by atoms with Gasteiger partial charge in [0.15, 0.2) is 11.4 Å². The molecule has 0 bridgehead atoms. The lowest BCUT2D eigenvalue weighted by Crippen LogP contribution is -2.19. The summed E-state index contributed by atoms with van der Waals surface area (Å²) in [5, 5.41) is 20.2. The lowest BCUT2D eigenvalue weighted by molar-refractivity contribution is 0.0685. The van der Waals surface area contributed by atoms with Crippen LogP contribution in [0.25, 0.3) is 0 Å². The monoisotopic (exact) mass is 293 g/mol. The number of aromatic nitrogens is 4. The van der Waals surface area contributed by atoms with Crippen LogP contribution in [0.15, 0.2) is 12.4 Å². The molecule has 0 aromatic carbocycles. The Hall–Kier alpha value is -2.42. The van der Waals surface area contributed by atoms with Crippen LogP contribution in [0.4, 0.5) is 5.13 Å². The molecular formula is C11H11N5O3S. The molecule has 0 aliphatic carbocycles. The van der Waals surface area contributed by atoms with Gasteiger partial charge in [0.25, 0.3) is 5.91 Å². The number of nitrogens with one attached hydrogen (secondary N) is 1. The third kappa shape index (κ3) is 2.94. The van der Waals surface area contributed by atoms with Crippen LogP contribution in [0.2, 0.25) is 0 Å². The van der Waals surface area contributed by atoms with Crippen molar-refractivity contribution in [2.75, 3.05) is 5.32 Å². The van der Waals surface area contributed by atoms with Gasteiger partial charge in [0.05, 0.1) is 0 Å². The number of amides is 1. The zero-order valence-electron chi connectivity index (χ0n) is 10.7. The van der Waals surface area contributed by atoms with E-state index in [0.29, 0.717) is 5.13 Å². The summed E-state index contributed by atoms with van der Waals surface area (Å²) in [6.45, 7) is 3.91. The second kappa shape index (κ2) is 5.70. The first-order valence-corrected chi connectivity index (χ1v) is 6.49. The number of carboxylic acids is 1. The SMILES string of the molecule is CC(C)c1nnc(NC(=O)c2nccnc2C(=O)O)s1. The number of nitrogens with zero attached hydrogens (tertiary/aromatic N) is 4. The fourth-order valence-electron chi connectivity index (χ4n) is 1.34. The molecule has 2 aromatic heterocycles. The van der Waals surface area contributed by atoms with E-state index in [9.17, 15) is 9.59 Å². The number of carboxylic acid groups (broad SMARTS) is 1. The van der Waals surface area contributed by atoms with E-state index in [0.717, 1.165) is 5.01 Å². The smallest absolute Gasteiger partial charge is 0.356 e. The first kappa shape index (κ1) is 14.0. The highest BCUT2D eigenvalue weighted by atomic mass is 32.1. The Morgan fingerprint density at radius 2 is 1.85 bits per heavy atom. The molecule has 2 rings (SSSR count). The van der Waals surface area contributed by atoms with E-state index in [-0.39, 0.29) is 11.6 Å². The molecule has 2 N–H and O–H groups in total. The van der Waals surface area contributed by atoms with E-state index in [4.69, 9.17) is 5.11 Å². The average molecular weight is 293 g/mol. The summed E-state index contributed by atoms with van der Waals surface area (Å²) in [7, 11) is 0. The van der Waals surface area contributed by atoms with Crippen LogP contribution in [0.5, 0.6) is 0 Å². The summed E-state index contributed by atoms with van der Waals surface area (Å²) >= 11 is 1.23. The first-order chi connectivity index (χ1) is 9.49. The van der Waals surface area contributed by atoms with Crippen molar-refractivity contribution in [3.05, 3.63) is 28.8 Å². The lowest BCUT2D eigenvalue weighted by Gasteiger charge is -2.02. The normalized spacial score (nSPS) is 10.6. The van der Waals surface area contributed by atoms with Gasteiger partial charge in [-0.15, -0.1) is 10.2 Å². The molecule has 0 atom stereocenters. The molecule has 8 nitrogen and oxygen atoms in total. The van der Waals surface area contributed by atoms with Crippen LogP contribution >= 0.6 is 11.3 Å². The number of carbonyl (C=O) groups is 2. The summed E-state index contributed by atoms with van der Waals surface area (Å²) in [6.07, 6.45) is 2.46. The van der Waals surface area contributed by atoms with E-state index in [1.54, 1.807) is 0 Å². The molecule has 0 unspecified atom stereocenters. The molecule has 104 valence electrons. The molecule has 0 spiro atoms. The van der Waals surface area contributed by atoms with Crippen LogP contribution in [0, 0.1) is 0 Å². The van der Waals surface area contributed by atoms with Crippen LogP contribution in [-0.2, 0) is 0 Å². The van der Waals surface area contributed by atoms with Gasteiger partial charge in [-0.1, -0.05) is 25.2 Å². The van der Waals surface area contributed by atoms with Gasteiger partial charge < -0.3 is 5.11 Å². The van der Waals surface area contributed by atoms with Crippen molar-refractivity contribution in [2.24, 2.45) is 0 Å². The Kier molecular flexibility index (Phi) is 3.99. The van der Waals surface area contributed by atoms with Crippen molar-refractivity contribution in [2.45, 2.75) is 19.8 Å². The standard InChI is InChI=1S/C11H11N5O3S/c1-5(2)9-15-16-11(20-9)14-8(17)6-7(10(18)19)13-4-3-12-6/h3-5H,1-2H3,(H,18,19)(H,14,16,17). The number of rotatable bonds is 4. The van der Waals surface area contributed by atoms with Gasteiger partial charge in [0.1, 0.15) is 5.01 Å². The fraction of sp³-hybridized carbons (Fsp3) is 0.273. The molecule has 2 heterocycles. The molecule has 0 saturated carbocycles. The minimum absolute atomic E-state index is 0.198.